The summed E-state index contributed by atoms with van der Waals surface area (Å²) in [6.45, 7) is 2.04. The van der Waals surface area contributed by atoms with Crippen molar-refractivity contribution in [2.24, 2.45) is 5.92 Å². The lowest BCUT2D eigenvalue weighted by Gasteiger charge is -2.16. The first-order chi connectivity index (χ1) is 8.27. The summed E-state index contributed by atoms with van der Waals surface area (Å²) < 4.78 is 0. The molecule has 2 aromatic rings. The molecule has 17 heavy (non-hydrogen) atoms. The fraction of sp³-hybridized carbons (Fsp3) is 0.333. The predicted molar refractivity (Wildman–Crippen MR) is 67.9 cm³/mol. The number of Topliss-reactive ketones (excluding diaryl/α,β-unsaturated/α-hetero) is 1. The van der Waals surface area contributed by atoms with E-state index in [-0.39, 0.29) is 5.92 Å². The topological polar surface area (TPSA) is 30.0 Å². The minimum absolute atomic E-state index is 0.141. The van der Waals surface area contributed by atoms with E-state index in [1.807, 2.05) is 19.2 Å². The number of hydrogen-bond acceptors (Lipinski definition) is 2. The second-order valence-electron chi connectivity index (χ2n) is 4.82. The molecule has 1 aromatic carbocycles. The van der Waals surface area contributed by atoms with E-state index < -0.39 is 0 Å². The molecule has 2 nitrogen and oxygen atoms in total. The molecule has 1 aliphatic rings. The molecule has 1 aromatic heterocycles. The van der Waals surface area contributed by atoms with Gasteiger partial charge in [0.2, 0.25) is 0 Å². The maximum absolute atomic E-state index is 11.7. The molecule has 0 N–H and O–H groups in total. The first-order valence-corrected chi connectivity index (χ1v) is 6.14. The van der Waals surface area contributed by atoms with Crippen LogP contribution in [-0.4, -0.2) is 10.8 Å². The molecule has 0 amide bonds. The van der Waals surface area contributed by atoms with Crippen LogP contribution in [0.15, 0.2) is 36.5 Å². The monoisotopic (exact) mass is 225 g/mol. The Kier molecular flexibility index (Phi) is 2.43. The number of para-hydroxylation sites is 1. The number of pyridine rings is 1. The second kappa shape index (κ2) is 3.95. The van der Waals surface area contributed by atoms with Gasteiger partial charge in [-0.15, -0.1) is 0 Å². The Labute approximate surface area is 101 Å². The van der Waals surface area contributed by atoms with E-state index in [0.29, 0.717) is 11.7 Å². The molecule has 0 spiro atoms. The van der Waals surface area contributed by atoms with Crippen molar-refractivity contribution >= 4 is 16.7 Å². The second-order valence-corrected chi connectivity index (χ2v) is 4.82. The summed E-state index contributed by atoms with van der Waals surface area (Å²) in [7, 11) is 0. The van der Waals surface area contributed by atoms with E-state index in [9.17, 15) is 4.79 Å². The van der Waals surface area contributed by atoms with Crippen LogP contribution in [0.4, 0.5) is 0 Å². The summed E-state index contributed by atoms with van der Waals surface area (Å²) in [5, 5.41) is 1.16. The third-order valence-electron chi connectivity index (χ3n) is 3.88. The molecule has 1 heterocycles. The van der Waals surface area contributed by atoms with Crippen LogP contribution < -0.4 is 0 Å². The summed E-state index contributed by atoms with van der Waals surface area (Å²) in [6.07, 6.45) is 3.51. The Morgan fingerprint density at radius 1 is 1.24 bits per heavy atom. The van der Waals surface area contributed by atoms with Gasteiger partial charge in [0.15, 0.2) is 0 Å². The number of nitrogens with zero attached hydrogens (tertiary/aromatic N) is 1. The standard InChI is InChI=1S/C15H15NO/c1-10-12(7-8-14(10)17)13-6-2-4-11-5-3-9-16-15(11)13/h2-6,9-10,12H,7-8H2,1H3. The van der Waals surface area contributed by atoms with Crippen molar-refractivity contribution in [3.05, 3.63) is 42.1 Å². The average Bonchev–Trinajstić information content (AvgIpc) is 2.69. The highest BCUT2D eigenvalue weighted by molar-refractivity contribution is 5.87. The van der Waals surface area contributed by atoms with Gasteiger partial charge in [-0.1, -0.05) is 31.2 Å². The molecule has 0 bridgehead atoms. The van der Waals surface area contributed by atoms with Crippen LogP contribution in [0.25, 0.3) is 10.9 Å². The molecule has 3 rings (SSSR count). The van der Waals surface area contributed by atoms with Crippen LogP contribution in [0.3, 0.4) is 0 Å². The van der Waals surface area contributed by atoms with Gasteiger partial charge in [-0.3, -0.25) is 9.78 Å². The Balaban J connectivity index is 2.15. The van der Waals surface area contributed by atoms with E-state index in [0.717, 1.165) is 23.7 Å². The van der Waals surface area contributed by atoms with Gasteiger partial charge in [0, 0.05) is 23.9 Å². The minimum atomic E-state index is 0.141. The highest BCUT2D eigenvalue weighted by Gasteiger charge is 2.32. The molecule has 0 saturated heterocycles. The van der Waals surface area contributed by atoms with Gasteiger partial charge in [0.25, 0.3) is 0 Å². The lowest BCUT2D eigenvalue weighted by molar-refractivity contribution is -0.120. The summed E-state index contributed by atoms with van der Waals surface area (Å²) in [5.74, 6) is 0.881. The van der Waals surface area contributed by atoms with Crippen LogP contribution in [0.1, 0.15) is 31.2 Å². The third-order valence-corrected chi connectivity index (χ3v) is 3.88. The molecule has 2 atom stereocenters. The van der Waals surface area contributed by atoms with E-state index >= 15 is 0 Å². The van der Waals surface area contributed by atoms with E-state index in [2.05, 4.69) is 29.2 Å². The Morgan fingerprint density at radius 3 is 2.82 bits per heavy atom. The molecule has 1 saturated carbocycles. The molecule has 2 heteroatoms. The number of benzene rings is 1. The molecule has 86 valence electrons. The zero-order valence-corrected chi connectivity index (χ0v) is 9.89. The molecule has 1 fully saturated rings. The van der Waals surface area contributed by atoms with E-state index in [1.165, 1.54) is 5.56 Å². The van der Waals surface area contributed by atoms with Gasteiger partial charge in [-0.2, -0.15) is 0 Å². The number of rotatable bonds is 1. The number of carbonyl (C=O) groups is 1. The molecular formula is C15H15NO. The molecule has 0 radical (unpaired) electrons. The maximum atomic E-state index is 11.7. The summed E-state index contributed by atoms with van der Waals surface area (Å²) in [6, 6.07) is 10.3. The largest absolute Gasteiger partial charge is 0.299 e. The first kappa shape index (κ1) is 10.5. The van der Waals surface area contributed by atoms with E-state index in [1.54, 1.807) is 0 Å². The number of aromatic nitrogens is 1. The highest BCUT2D eigenvalue weighted by Crippen LogP contribution is 2.39. The van der Waals surface area contributed by atoms with Gasteiger partial charge in [0.1, 0.15) is 5.78 Å². The van der Waals surface area contributed by atoms with Crippen molar-refractivity contribution in [2.75, 3.05) is 0 Å². The molecule has 1 aliphatic carbocycles. The predicted octanol–water partition coefficient (Wildman–Crippen LogP) is 3.32. The van der Waals surface area contributed by atoms with Crippen LogP contribution >= 0.6 is 0 Å². The van der Waals surface area contributed by atoms with Crippen molar-refractivity contribution in [2.45, 2.75) is 25.7 Å². The lowest BCUT2D eigenvalue weighted by Crippen LogP contribution is -2.09. The van der Waals surface area contributed by atoms with Crippen LogP contribution in [0.2, 0.25) is 0 Å². The van der Waals surface area contributed by atoms with Crippen molar-refractivity contribution in [3.8, 4) is 0 Å². The first-order valence-electron chi connectivity index (χ1n) is 6.14. The van der Waals surface area contributed by atoms with Gasteiger partial charge >= 0.3 is 0 Å². The zero-order chi connectivity index (χ0) is 11.8. The third kappa shape index (κ3) is 1.64. The van der Waals surface area contributed by atoms with Crippen molar-refractivity contribution < 1.29 is 4.79 Å². The summed E-state index contributed by atoms with van der Waals surface area (Å²) in [4.78, 5) is 16.1. The SMILES string of the molecule is CC1C(=O)CCC1c1cccc2cccnc12. The van der Waals surface area contributed by atoms with E-state index in [4.69, 9.17) is 0 Å². The fourth-order valence-corrected chi connectivity index (χ4v) is 2.85. The molecule has 2 unspecified atom stereocenters. The maximum Gasteiger partial charge on any atom is 0.136 e. The van der Waals surface area contributed by atoms with Gasteiger partial charge < -0.3 is 0 Å². The highest BCUT2D eigenvalue weighted by atomic mass is 16.1. The molecule has 0 aliphatic heterocycles. The van der Waals surface area contributed by atoms with Gasteiger partial charge in [-0.25, -0.2) is 0 Å². The van der Waals surface area contributed by atoms with Crippen LogP contribution in [0.5, 0.6) is 0 Å². The van der Waals surface area contributed by atoms with Gasteiger partial charge in [0.05, 0.1) is 5.52 Å². The van der Waals surface area contributed by atoms with Crippen molar-refractivity contribution in [1.29, 1.82) is 0 Å². The Hall–Kier alpha value is -1.70. The Morgan fingerprint density at radius 2 is 2.06 bits per heavy atom. The number of ketones is 1. The zero-order valence-electron chi connectivity index (χ0n) is 9.89. The number of carbonyl (C=O) groups excluding carboxylic acids is 1. The average molecular weight is 225 g/mol. The van der Waals surface area contributed by atoms with Crippen molar-refractivity contribution in [3.63, 3.8) is 0 Å². The van der Waals surface area contributed by atoms with Gasteiger partial charge in [-0.05, 0) is 24.0 Å². The van der Waals surface area contributed by atoms with Crippen molar-refractivity contribution in [1.82, 2.24) is 4.98 Å². The fourth-order valence-electron chi connectivity index (χ4n) is 2.85. The lowest BCUT2D eigenvalue weighted by atomic mass is 9.88. The molecular weight excluding hydrogens is 210 g/mol. The number of fused-ring (bicyclic) bond motifs is 1. The summed E-state index contributed by atoms with van der Waals surface area (Å²) >= 11 is 0. The van der Waals surface area contributed by atoms with Crippen LogP contribution in [-0.2, 0) is 4.79 Å². The quantitative estimate of drug-likeness (QED) is 0.745. The summed E-state index contributed by atoms with van der Waals surface area (Å²) in [5.41, 5.74) is 2.29. The minimum Gasteiger partial charge on any atom is -0.299 e. The normalized spacial score (nSPS) is 24.4. The smallest absolute Gasteiger partial charge is 0.136 e. The number of hydrogen-bond donors (Lipinski definition) is 0. The van der Waals surface area contributed by atoms with Crippen LogP contribution in [0, 0.1) is 5.92 Å². The Bertz CT molecular complexity index is 571.